The van der Waals surface area contributed by atoms with Crippen LogP contribution in [0.2, 0.25) is 0 Å². The van der Waals surface area contributed by atoms with Gasteiger partial charge in [0.1, 0.15) is 5.82 Å². The lowest BCUT2D eigenvalue weighted by Gasteiger charge is -2.25. The molecule has 0 radical (unpaired) electrons. The average molecular weight is 298 g/mol. The van der Waals surface area contributed by atoms with Gasteiger partial charge in [-0.15, -0.1) is 0 Å². The Balaban J connectivity index is 1.71. The molecule has 2 N–H and O–H groups in total. The van der Waals surface area contributed by atoms with Gasteiger partial charge in [0.05, 0.1) is 6.10 Å². The van der Waals surface area contributed by atoms with Gasteiger partial charge in [-0.25, -0.2) is 4.98 Å². The third-order valence-electron chi connectivity index (χ3n) is 3.96. The number of ether oxygens (including phenoxy) is 1. The lowest BCUT2D eigenvalue weighted by molar-refractivity contribution is 0.0679. The van der Waals surface area contributed by atoms with Crippen LogP contribution in [-0.4, -0.2) is 34.1 Å². The summed E-state index contributed by atoms with van der Waals surface area (Å²) in [4.78, 5) is 10.6. The van der Waals surface area contributed by atoms with Gasteiger partial charge >= 0.3 is 0 Å². The van der Waals surface area contributed by atoms with Gasteiger partial charge in [0.2, 0.25) is 0 Å². The average Bonchev–Trinajstić information content (AvgIpc) is 3.03. The minimum absolute atomic E-state index is 0.319. The Bertz CT molecular complexity index is 584. The van der Waals surface area contributed by atoms with Crippen LogP contribution in [0.5, 0.6) is 0 Å². The summed E-state index contributed by atoms with van der Waals surface area (Å²) in [5.74, 6) is 0.606. The fourth-order valence-corrected chi connectivity index (χ4v) is 2.83. The number of nitrogen functional groups attached to an aromatic ring is 1. The molecule has 0 spiro atoms. The van der Waals surface area contributed by atoms with Gasteiger partial charge < -0.3 is 10.5 Å². The Labute approximate surface area is 131 Å². The van der Waals surface area contributed by atoms with Crippen molar-refractivity contribution in [3.05, 3.63) is 54.0 Å². The van der Waals surface area contributed by atoms with E-state index in [2.05, 4.69) is 27.0 Å². The van der Waals surface area contributed by atoms with Crippen molar-refractivity contribution in [3.63, 3.8) is 0 Å². The topological polar surface area (TPSA) is 64.3 Å². The molecule has 0 bridgehead atoms. The first-order valence-corrected chi connectivity index (χ1v) is 7.73. The Morgan fingerprint density at radius 1 is 1.18 bits per heavy atom. The number of nitrogens with two attached hydrogens (primary N) is 1. The van der Waals surface area contributed by atoms with Crippen LogP contribution < -0.4 is 5.73 Å². The maximum atomic E-state index is 5.99. The van der Waals surface area contributed by atoms with Crippen LogP contribution in [-0.2, 0) is 17.8 Å². The summed E-state index contributed by atoms with van der Waals surface area (Å²) < 4.78 is 5.79. The molecule has 1 saturated heterocycles. The van der Waals surface area contributed by atoms with Gasteiger partial charge in [-0.2, -0.15) is 0 Å². The van der Waals surface area contributed by atoms with E-state index in [1.165, 1.54) is 5.56 Å². The van der Waals surface area contributed by atoms with Gasteiger partial charge in [0.15, 0.2) is 0 Å². The molecular weight excluding hydrogens is 276 g/mol. The van der Waals surface area contributed by atoms with Crippen LogP contribution in [0.4, 0.5) is 5.82 Å². The molecule has 0 amide bonds. The van der Waals surface area contributed by atoms with E-state index in [1.54, 1.807) is 6.20 Å². The van der Waals surface area contributed by atoms with Gasteiger partial charge in [0, 0.05) is 50.4 Å². The Morgan fingerprint density at radius 2 is 2.05 bits per heavy atom. The van der Waals surface area contributed by atoms with Crippen molar-refractivity contribution in [2.24, 2.45) is 0 Å². The summed E-state index contributed by atoms with van der Waals surface area (Å²) in [6, 6.07) is 8.07. The maximum absolute atomic E-state index is 5.99. The van der Waals surface area contributed by atoms with Crippen LogP contribution in [0.25, 0.3) is 0 Å². The largest absolute Gasteiger partial charge is 0.383 e. The number of pyridine rings is 2. The van der Waals surface area contributed by atoms with Crippen molar-refractivity contribution < 1.29 is 4.74 Å². The molecule has 0 aliphatic carbocycles. The molecule has 1 aliphatic heterocycles. The second-order valence-corrected chi connectivity index (χ2v) is 5.71. The van der Waals surface area contributed by atoms with E-state index in [0.29, 0.717) is 11.9 Å². The normalized spacial score (nSPS) is 18.0. The van der Waals surface area contributed by atoms with Crippen molar-refractivity contribution in [3.8, 4) is 0 Å². The molecule has 5 nitrogen and oxygen atoms in total. The standard InChI is InChI=1S/C17H22N4O/c18-17-15(3-1-7-20-17)12-21(13-16-4-2-10-22-16)11-14-5-8-19-9-6-14/h1,3,5-9,16H,2,4,10-13H2,(H2,18,20)/t16-/m1/s1. The number of aromatic nitrogens is 2. The van der Waals surface area contributed by atoms with Gasteiger partial charge in [-0.05, 0) is 36.6 Å². The fourth-order valence-electron chi connectivity index (χ4n) is 2.83. The molecule has 1 fully saturated rings. The third kappa shape index (κ3) is 4.02. The van der Waals surface area contributed by atoms with Gasteiger partial charge in [-0.1, -0.05) is 6.07 Å². The third-order valence-corrected chi connectivity index (χ3v) is 3.96. The Hall–Kier alpha value is -1.98. The quantitative estimate of drug-likeness (QED) is 0.886. The molecule has 116 valence electrons. The lowest BCUT2D eigenvalue weighted by Crippen LogP contribution is -2.31. The predicted octanol–water partition coefficient (Wildman–Crippen LogP) is 2.24. The van der Waals surface area contributed by atoms with Crippen molar-refractivity contribution in [2.75, 3.05) is 18.9 Å². The van der Waals surface area contributed by atoms with Crippen LogP contribution in [0.1, 0.15) is 24.0 Å². The monoisotopic (exact) mass is 298 g/mol. The van der Waals surface area contributed by atoms with E-state index < -0.39 is 0 Å². The van der Waals surface area contributed by atoms with E-state index in [-0.39, 0.29) is 0 Å². The summed E-state index contributed by atoms with van der Waals surface area (Å²) in [6.07, 6.45) is 8.00. The first-order chi connectivity index (χ1) is 10.8. The van der Waals surface area contributed by atoms with Crippen LogP contribution in [0.3, 0.4) is 0 Å². The molecule has 2 aromatic heterocycles. The molecule has 22 heavy (non-hydrogen) atoms. The zero-order valence-electron chi connectivity index (χ0n) is 12.7. The van der Waals surface area contributed by atoms with Crippen LogP contribution in [0.15, 0.2) is 42.9 Å². The summed E-state index contributed by atoms with van der Waals surface area (Å²) >= 11 is 0. The molecule has 2 aromatic rings. The fraction of sp³-hybridized carbons (Fsp3) is 0.412. The van der Waals surface area contributed by atoms with E-state index in [9.17, 15) is 0 Å². The van der Waals surface area contributed by atoms with E-state index in [4.69, 9.17) is 10.5 Å². The van der Waals surface area contributed by atoms with Gasteiger partial charge in [-0.3, -0.25) is 9.88 Å². The van der Waals surface area contributed by atoms with E-state index >= 15 is 0 Å². The molecule has 0 saturated carbocycles. The van der Waals surface area contributed by atoms with Crippen molar-refractivity contribution in [1.82, 2.24) is 14.9 Å². The number of anilines is 1. The zero-order valence-corrected chi connectivity index (χ0v) is 12.7. The van der Waals surface area contributed by atoms with Crippen LogP contribution >= 0.6 is 0 Å². The van der Waals surface area contributed by atoms with Gasteiger partial charge in [0.25, 0.3) is 0 Å². The second kappa shape index (κ2) is 7.33. The number of hydrogen-bond acceptors (Lipinski definition) is 5. The summed E-state index contributed by atoms with van der Waals surface area (Å²) in [6.45, 7) is 3.43. The van der Waals surface area contributed by atoms with E-state index in [1.807, 2.05) is 24.5 Å². The first kappa shape index (κ1) is 14.9. The molecule has 5 heteroatoms. The Morgan fingerprint density at radius 3 is 2.77 bits per heavy atom. The van der Waals surface area contributed by atoms with E-state index in [0.717, 1.165) is 44.6 Å². The maximum Gasteiger partial charge on any atom is 0.127 e. The number of nitrogens with zero attached hydrogens (tertiary/aromatic N) is 3. The minimum atomic E-state index is 0.319. The summed E-state index contributed by atoms with van der Waals surface area (Å²) in [7, 11) is 0. The highest BCUT2D eigenvalue weighted by Gasteiger charge is 2.20. The second-order valence-electron chi connectivity index (χ2n) is 5.71. The number of rotatable bonds is 6. The SMILES string of the molecule is Nc1ncccc1CN(Cc1ccncc1)C[C@H]1CCCO1. The highest BCUT2D eigenvalue weighted by molar-refractivity contribution is 5.38. The minimum Gasteiger partial charge on any atom is -0.383 e. The first-order valence-electron chi connectivity index (χ1n) is 7.73. The summed E-state index contributed by atoms with van der Waals surface area (Å²) in [5, 5.41) is 0. The zero-order chi connectivity index (χ0) is 15.2. The molecule has 1 atom stereocenters. The predicted molar refractivity (Wildman–Crippen MR) is 86.0 cm³/mol. The highest BCUT2D eigenvalue weighted by Crippen LogP contribution is 2.18. The molecule has 0 unspecified atom stereocenters. The smallest absolute Gasteiger partial charge is 0.127 e. The molecule has 1 aliphatic rings. The number of hydrogen-bond donors (Lipinski definition) is 1. The lowest BCUT2D eigenvalue weighted by atomic mass is 10.1. The molecule has 3 rings (SSSR count). The molecular formula is C17H22N4O. The molecule has 3 heterocycles. The van der Waals surface area contributed by atoms with Crippen molar-refractivity contribution in [2.45, 2.75) is 32.0 Å². The van der Waals surface area contributed by atoms with Crippen molar-refractivity contribution >= 4 is 5.82 Å². The highest BCUT2D eigenvalue weighted by atomic mass is 16.5. The van der Waals surface area contributed by atoms with Crippen molar-refractivity contribution in [1.29, 1.82) is 0 Å². The summed E-state index contributed by atoms with van der Waals surface area (Å²) in [5.41, 5.74) is 8.30. The molecule has 0 aromatic carbocycles. The van der Waals surface area contributed by atoms with Crippen LogP contribution in [0, 0.1) is 0 Å². The Kier molecular flexibility index (Phi) is 4.98.